The third kappa shape index (κ3) is 4.52. The van der Waals surface area contributed by atoms with Crippen LogP contribution in [0.5, 0.6) is 5.75 Å². The fraction of sp³-hybridized carbons (Fsp3) is 0.400. The summed E-state index contributed by atoms with van der Waals surface area (Å²) in [5, 5.41) is 3.37. The van der Waals surface area contributed by atoms with Crippen LogP contribution in [0.25, 0.3) is 0 Å². The van der Waals surface area contributed by atoms with Gasteiger partial charge in [-0.15, -0.1) is 11.3 Å². The van der Waals surface area contributed by atoms with Crippen LogP contribution in [0.15, 0.2) is 22.7 Å². The summed E-state index contributed by atoms with van der Waals surface area (Å²) >= 11 is 4.94. The van der Waals surface area contributed by atoms with Crippen LogP contribution >= 0.6 is 27.3 Å². The smallest absolute Gasteiger partial charge is 0.341 e. The third-order valence-corrected chi connectivity index (χ3v) is 6.28. The number of thiophene rings is 1. The van der Waals surface area contributed by atoms with E-state index in [1.807, 2.05) is 18.2 Å². The number of nitrogens with one attached hydrogen (secondary N) is 1. The Labute approximate surface area is 171 Å². The Kier molecular flexibility index (Phi) is 6.55. The van der Waals surface area contributed by atoms with Crippen LogP contribution in [0, 0.1) is 0 Å². The fourth-order valence-corrected chi connectivity index (χ4v) is 5.06. The first-order valence-corrected chi connectivity index (χ1v) is 10.6. The topological polar surface area (TPSA) is 64.6 Å². The van der Waals surface area contributed by atoms with E-state index in [2.05, 4.69) is 28.2 Å². The molecule has 5 nitrogen and oxygen atoms in total. The maximum absolute atomic E-state index is 12.4. The van der Waals surface area contributed by atoms with Crippen LogP contribution in [0.1, 0.15) is 46.1 Å². The summed E-state index contributed by atoms with van der Waals surface area (Å²) < 4.78 is 11.4. The van der Waals surface area contributed by atoms with Crippen LogP contribution < -0.4 is 10.1 Å². The van der Waals surface area contributed by atoms with Gasteiger partial charge in [-0.25, -0.2) is 4.79 Å². The lowest BCUT2D eigenvalue weighted by atomic mass is 10.1. The number of carbonyl (C=O) groups excluding carboxylic acids is 2. The van der Waals surface area contributed by atoms with Crippen molar-refractivity contribution in [2.24, 2.45) is 0 Å². The van der Waals surface area contributed by atoms with E-state index in [1.165, 1.54) is 24.0 Å². The van der Waals surface area contributed by atoms with Crippen molar-refractivity contribution in [3.8, 4) is 5.75 Å². The van der Waals surface area contributed by atoms with E-state index in [-0.39, 0.29) is 12.5 Å². The maximum Gasteiger partial charge on any atom is 0.341 e. The molecule has 3 rings (SSSR count). The molecule has 2 aromatic rings. The highest BCUT2D eigenvalue weighted by Crippen LogP contribution is 2.39. The molecule has 0 bridgehead atoms. The molecule has 0 unspecified atom stereocenters. The van der Waals surface area contributed by atoms with Gasteiger partial charge in [0.05, 0.1) is 17.1 Å². The molecular formula is C20H22BrNO4S. The number of fused-ring (bicyclic) bond motifs is 1. The predicted octanol–water partition coefficient (Wildman–Crippen LogP) is 4.76. The van der Waals surface area contributed by atoms with Gasteiger partial charge in [0, 0.05) is 4.88 Å². The minimum Gasteiger partial charge on any atom is -0.483 e. The first-order valence-electron chi connectivity index (χ1n) is 8.97. The average molecular weight is 452 g/mol. The molecular weight excluding hydrogens is 430 g/mol. The lowest BCUT2D eigenvalue weighted by molar-refractivity contribution is -0.118. The molecule has 144 valence electrons. The minimum atomic E-state index is -0.403. The molecule has 1 aromatic heterocycles. The van der Waals surface area contributed by atoms with Crippen LogP contribution in [0.2, 0.25) is 0 Å². The van der Waals surface area contributed by atoms with Gasteiger partial charge in [-0.3, -0.25) is 4.79 Å². The zero-order valence-corrected chi connectivity index (χ0v) is 17.8. The normalized spacial score (nSPS) is 12.6. The van der Waals surface area contributed by atoms with Crippen molar-refractivity contribution >= 4 is 44.1 Å². The standard InChI is InChI=1S/C20H22BrNO4S/c1-3-5-12-8-9-15(14(21)10-12)26-11-17(23)22-19-18(20(24)25-2)13-6-4-7-16(13)27-19/h8-10H,3-7,11H2,1-2H3,(H,22,23). The summed E-state index contributed by atoms with van der Waals surface area (Å²) in [5.74, 6) is -0.0867. The van der Waals surface area contributed by atoms with Crippen molar-refractivity contribution in [2.75, 3.05) is 19.0 Å². The van der Waals surface area contributed by atoms with Gasteiger partial charge in [0.25, 0.3) is 5.91 Å². The van der Waals surface area contributed by atoms with Crippen molar-refractivity contribution in [3.63, 3.8) is 0 Å². The molecule has 1 aromatic carbocycles. The van der Waals surface area contributed by atoms with Gasteiger partial charge in [-0.2, -0.15) is 0 Å². The van der Waals surface area contributed by atoms with Crippen molar-refractivity contribution in [1.29, 1.82) is 0 Å². The van der Waals surface area contributed by atoms with Crippen molar-refractivity contribution in [2.45, 2.75) is 39.0 Å². The highest BCUT2D eigenvalue weighted by atomic mass is 79.9. The number of ether oxygens (including phenoxy) is 2. The quantitative estimate of drug-likeness (QED) is 0.616. The Hall–Kier alpha value is -1.86. The van der Waals surface area contributed by atoms with Crippen molar-refractivity contribution < 1.29 is 19.1 Å². The number of hydrogen-bond acceptors (Lipinski definition) is 5. The van der Waals surface area contributed by atoms with Crippen LogP contribution in [0.4, 0.5) is 5.00 Å². The van der Waals surface area contributed by atoms with Crippen LogP contribution in [-0.4, -0.2) is 25.6 Å². The molecule has 0 saturated carbocycles. The summed E-state index contributed by atoms with van der Waals surface area (Å²) in [6, 6.07) is 5.87. The number of amides is 1. The first kappa shape index (κ1) is 19.9. The zero-order chi connectivity index (χ0) is 19.4. The summed E-state index contributed by atoms with van der Waals surface area (Å²) in [7, 11) is 1.36. The van der Waals surface area contributed by atoms with Gasteiger partial charge in [0.2, 0.25) is 0 Å². The fourth-order valence-electron chi connectivity index (χ4n) is 3.22. The van der Waals surface area contributed by atoms with Gasteiger partial charge < -0.3 is 14.8 Å². The van der Waals surface area contributed by atoms with E-state index >= 15 is 0 Å². The lowest BCUT2D eigenvalue weighted by Gasteiger charge is -2.10. The molecule has 1 heterocycles. The Balaban J connectivity index is 1.66. The van der Waals surface area contributed by atoms with Crippen molar-refractivity contribution in [3.05, 3.63) is 44.2 Å². The van der Waals surface area contributed by atoms with Gasteiger partial charge in [-0.1, -0.05) is 19.4 Å². The molecule has 7 heteroatoms. The number of hydrogen-bond donors (Lipinski definition) is 1. The highest BCUT2D eigenvalue weighted by Gasteiger charge is 2.28. The second-order valence-electron chi connectivity index (χ2n) is 6.40. The lowest BCUT2D eigenvalue weighted by Crippen LogP contribution is -2.21. The predicted molar refractivity (Wildman–Crippen MR) is 110 cm³/mol. The summed E-state index contributed by atoms with van der Waals surface area (Å²) in [6.45, 7) is 2.00. The highest BCUT2D eigenvalue weighted by molar-refractivity contribution is 9.10. The SMILES string of the molecule is CCCc1ccc(OCC(=O)Nc2sc3c(c2C(=O)OC)CCC3)c(Br)c1. The molecule has 1 N–H and O–H groups in total. The van der Waals surface area contributed by atoms with Gasteiger partial charge >= 0.3 is 5.97 Å². The van der Waals surface area contributed by atoms with Crippen LogP contribution in [0.3, 0.4) is 0 Å². The molecule has 0 aliphatic heterocycles. The molecule has 1 aliphatic carbocycles. The summed E-state index contributed by atoms with van der Waals surface area (Å²) in [4.78, 5) is 25.7. The maximum atomic E-state index is 12.4. The molecule has 0 spiro atoms. The van der Waals surface area contributed by atoms with Gasteiger partial charge in [0.15, 0.2) is 6.61 Å². The number of benzene rings is 1. The number of esters is 1. The van der Waals surface area contributed by atoms with Gasteiger partial charge in [0.1, 0.15) is 10.8 Å². The number of rotatable bonds is 7. The Morgan fingerprint density at radius 2 is 2.11 bits per heavy atom. The molecule has 27 heavy (non-hydrogen) atoms. The number of carbonyl (C=O) groups is 2. The summed E-state index contributed by atoms with van der Waals surface area (Å²) in [6.07, 6.45) is 4.89. The molecule has 0 radical (unpaired) electrons. The van der Waals surface area contributed by atoms with Crippen molar-refractivity contribution in [1.82, 2.24) is 0 Å². The second-order valence-corrected chi connectivity index (χ2v) is 8.36. The number of aryl methyl sites for hydroxylation is 2. The third-order valence-electron chi connectivity index (χ3n) is 4.46. The number of anilines is 1. The van der Waals surface area contributed by atoms with E-state index in [9.17, 15) is 9.59 Å². The monoisotopic (exact) mass is 451 g/mol. The molecule has 1 amide bonds. The van der Waals surface area contributed by atoms with E-state index in [1.54, 1.807) is 0 Å². The Bertz CT molecular complexity index is 862. The molecule has 0 saturated heterocycles. The number of halogens is 1. The van der Waals surface area contributed by atoms with E-state index in [4.69, 9.17) is 9.47 Å². The largest absolute Gasteiger partial charge is 0.483 e. The Morgan fingerprint density at radius 1 is 1.30 bits per heavy atom. The molecule has 1 aliphatic rings. The zero-order valence-electron chi connectivity index (χ0n) is 15.4. The molecule has 0 atom stereocenters. The second kappa shape index (κ2) is 8.89. The Morgan fingerprint density at radius 3 is 2.81 bits per heavy atom. The number of methoxy groups -OCH3 is 1. The van der Waals surface area contributed by atoms with E-state index in [0.29, 0.717) is 16.3 Å². The minimum absolute atomic E-state index is 0.130. The van der Waals surface area contributed by atoms with E-state index < -0.39 is 5.97 Å². The van der Waals surface area contributed by atoms with E-state index in [0.717, 1.165) is 47.0 Å². The average Bonchev–Trinajstić information content (AvgIpc) is 3.21. The van der Waals surface area contributed by atoms with Gasteiger partial charge in [-0.05, 0) is 64.9 Å². The van der Waals surface area contributed by atoms with Crippen LogP contribution in [-0.2, 0) is 28.8 Å². The first-order chi connectivity index (χ1) is 13.0. The summed E-state index contributed by atoms with van der Waals surface area (Å²) in [5.41, 5.74) is 2.72. The molecule has 0 fully saturated rings.